The van der Waals surface area contributed by atoms with Gasteiger partial charge in [-0.05, 0) is 42.7 Å². The van der Waals surface area contributed by atoms with E-state index in [1.54, 1.807) is 0 Å². The molecule has 1 N–H and O–H groups in total. The minimum Gasteiger partial charge on any atom is -0.387 e. The second kappa shape index (κ2) is 6.13. The van der Waals surface area contributed by atoms with E-state index < -0.39 is 6.10 Å². The van der Waals surface area contributed by atoms with Gasteiger partial charge in [-0.1, -0.05) is 27.7 Å². The van der Waals surface area contributed by atoms with Gasteiger partial charge >= 0.3 is 0 Å². The fraction of sp³-hybridized carbons (Fsp3) is 0.706. The summed E-state index contributed by atoms with van der Waals surface area (Å²) in [6, 6.07) is 4.05. The van der Waals surface area contributed by atoms with Crippen molar-refractivity contribution < 1.29 is 5.11 Å². The monoisotopic (exact) mass is 276 g/mol. The van der Waals surface area contributed by atoms with E-state index in [0.29, 0.717) is 11.8 Å². The van der Waals surface area contributed by atoms with E-state index in [1.165, 1.54) is 18.5 Å². The zero-order chi connectivity index (χ0) is 14.8. The highest BCUT2D eigenvalue weighted by Crippen LogP contribution is 2.35. The van der Waals surface area contributed by atoms with Gasteiger partial charge in [0.05, 0.1) is 23.7 Å². The van der Waals surface area contributed by atoms with Crippen LogP contribution in [-0.4, -0.2) is 23.2 Å². The van der Waals surface area contributed by atoms with Crippen LogP contribution in [0.3, 0.4) is 0 Å². The van der Waals surface area contributed by atoms with E-state index in [9.17, 15) is 5.11 Å². The number of hydrogen-bond acceptors (Lipinski definition) is 3. The van der Waals surface area contributed by atoms with Gasteiger partial charge < -0.3 is 10.0 Å². The molecule has 3 heteroatoms. The molecule has 2 heterocycles. The largest absolute Gasteiger partial charge is 0.387 e. The Kier molecular flexibility index (Phi) is 4.69. The van der Waals surface area contributed by atoms with Crippen molar-refractivity contribution in [3.8, 4) is 0 Å². The van der Waals surface area contributed by atoms with Crippen molar-refractivity contribution >= 4 is 5.69 Å². The van der Waals surface area contributed by atoms with Crippen molar-refractivity contribution in [3.63, 3.8) is 0 Å². The zero-order valence-electron chi connectivity index (χ0n) is 13.3. The number of anilines is 1. The second-order valence-electron chi connectivity index (χ2n) is 6.99. The van der Waals surface area contributed by atoms with Crippen molar-refractivity contribution in [1.82, 2.24) is 4.98 Å². The smallest absolute Gasteiger partial charge is 0.0957 e. The molecule has 0 bridgehead atoms. The molecule has 112 valence electrons. The van der Waals surface area contributed by atoms with Crippen molar-refractivity contribution in [2.45, 2.75) is 53.1 Å². The maximum Gasteiger partial charge on any atom is 0.0957 e. The first kappa shape index (κ1) is 15.3. The molecule has 20 heavy (non-hydrogen) atoms. The van der Waals surface area contributed by atoms with Crippen molar-refractivity contribution in [3.05, 3.63) is 24.0 Å². The first-order valence-electron chi connectivity index (χ1n) is 7.80. The lowest BCUT2D eigenvalue weighted by molar-refractivity contribution is 0.169. The van der Waals surface area contributed by atoms with E-state index in [2.05, 4.69) is 36.7 Å². The van der Waals surface area contributed by atoms with Crippen LogP contribution in [-0.2, 0) is 0 Å². The predicted molar refractivity (Wildman–Crippen MR) is 83.9 cm³/mol. The fourth-order valence-corrected chi connectivity index (χ4v) is 2.99. The van der Waals surface area contributed by atoms with Crippen LogP contribution in [0.25, 0.3) is 0 Å². The van der Waals surface area contributed by atoms with Gasteiger partial charge in [-0.2, -0.15) is 0 Å². The number of nitrogens with zero attached hydrogens (tertiary/aromatic N) is 2. The maximum absolute atomic E-state index is 9.78. The predicted octanol–water partition coefficient (Wildman–Crippen LogP) is 3.79. The van der Waals surface area contributed by atoms with E-state index in [4.69, 9.17) is 0 Å². The molecule has 1 aliphatic rings. The molecule has 0 saturated carbocycles. The molecule has 0 aromatic carbocycles. The lowest BCUT2D eigenvalue weighted by atomic mass is 9.75. The number of piperidine rings is 1. The third kappa shape index (κ3) is 3.51. The maximum atomic E-state index is 9.78. The van der Waals surface area contributed by atoms with Crippen molar-refractivity contribution in [1.29, 1.82) is 0 Å². The van der Waals surface area contributed by atoms with E-state index in [1.807, 2.05) is 19.2 Å². The Morgan fingerprint density at radius 3 is 2.40 bits per heavy atom. The van der Waals surface area contributed by atoms with E-state index in [-0.39, 0.29) is 0 Å². The molecule has 3 nitrogen and oxygen atoms in total. The van der Waals surface area contributed by atoms with Gasteiger partial charge in [0.1, 0.15) is 0 Å². The summed E-state index contributed by atoms with van der Waals surface area (Å²) in [7, 11) is 0. The number of hydrogen-bond donors (Lipinski definition) is 1. The summed E-state index contributed by atoms with van der Waals surface area (Å²) in [5, 5.41) is 9.78. The topological polar surface area (TPSA) is 36.4 Å². The summed E-state index contributed by atoms with van der Waals surface area (Å²) in [5.41, 5.74) is 2.38. The Balaban J connectivity index is 1.97. The molecule has 0 aliphatic carbocycles. The summed E-state index contributed by atoms with van der Waals surface area (Å²) in [4.78, 5) is 6.81. The Bertz CT molecular complexity index is 414. The third-order valence-electron chi connectivity index (χ3n) is 4.58. The molecule has 0 spiro atoms. The normalized spacial score (nSPS) is 19.1. The van der Waals surface area contributed by atoms with Crippen LogP contribution in [0.5, 0.6) is 0 Å². The summed E-state index contributed by atoms with van der Waals surface area (Å²) >= 11 is 0. The molecule has 1 aliphatic heterocycles. The molecule has 1 fully saturated rings. The van der Waals surface area contributed by atoms with Gasteiger partial charge in [0.2, 0.25) is 0 Å². The minimum atomic E-state index is -0.435. The molecule has 1 unspecified atom stereocenters. The highest BCUT2D eigenvalue weighted by Gasteiger charge is 2.28. The second-order valence-corrected chi connectivity index (χ2v) is 6.99. The zero-order valence-corrected chi connectivity index (χ0v) is 13.3. The molecule has 1 aromatic rings. The van der Waals surface area contributed by atoms with E-state index in [0.717, 1.165) is 24.7 Å². The van der Waals surface area contributed by atoms with Crippen LogP contribution >= 0.6 is 0 Å². The molecule has 0 radical (unpaired) electrons. The molecule has 1 atom stereocenters. The Morgan fingerprint density at radius 2 is 1.95 bits per heavy atom. The van der Waals surface area contributed by atoms with Gasteiger partial charge in [-0.15, -0.1) is 0 Å². The van der Waals surface area contributed by atoms with Gasteiger partial charge in [0, 0.05) is 13.1 Å². The minimum absolute atomic E-state index is 0.416. The van der Waals surface area contributed by atoms with Gasteiger partial charge in [-0.3, -0.25) is 4.98 Å². The average Bonchev–Trinajstić information content (AvgIpc) is 2.46. The van der Waals surface area contributed by atoms with Crippen LogP contribution in [0, 0.1) is 11.3 Å². The Hall–Kier alpha value is -1.09. The summed E-state index contributed by atoms with van der Waals surface area (Å²) in [6.45, 7) is 11.2. The molecule has 2 rings (SSSR count). The lowest BCUT2D eigenvalue weighted by Crippen LogP contribution is -2.38. The van der Waals surface area contributed by atoms with Crippen LogP contribution in [0.2, 0.25) is 0 Å². The Labute approximate surface area is 123 Å². The first-order chi connectivity index (χ1) is 9.41. The van der Waals surface area contributed by atoms with E-state index >= 15 is 0 Å². The van der Waals surface area contributed by atoms with Crippen molar-refractivity contribution in [2.24, 2.45) is 11.3 Å². The van der Waals surface area contributed by atoms with Crippen LogP contribution in [0.1, 0.15) is 58.8 Å². The van der Waals surface area contributed by atoms with Crippen LogP contribution in [0.4, 0.5) is 5.69 Å². The third-order valence-corrected chi connectivity index (χ3v) is 4.58. The number of rotatable bonds is 3. The first-order valence-corrected chi connectivity index (χ1v) is 7.80. The van der Waals surface area contributed by atoms with Crippen LogP contribution < -0.4 is 4.90 Å². The van der Waals surface area contributed by atoms with Crippen molar-refractivity contribution in [2.75, 3.05) is 18.0 Å². The SMILES string of the molecule is CCC(O)c1ccc(N2CCC(C(C)(C)C)CC2)cn1. The lowest BCUT2D eigenvalue weighted by Gasteiger charge is -2.39. The van der Waals surface area contributed by atoms with Gasteiger partial charge in [-0.25, -0.2) is 0 Å². The summed E-state index contributed by atoms with van der Waals surface area (Å²) < 4.78 is 0. The molecule has 0 amide bonds. The number of aromatic nitrogens is 1. The molecule has 1 saturated heterocycles. The summed E-state index contributed by atoms with van der Waals surface area (Å²) in [6.07, 6.45) is 4.69. The summed E-state index contributed by atoms with van der Waals surface area (Å²) in [5.74, 6) is 0.813. The van der Waals surface area contributed by atoms with Gasteiger partial charge in [0.25, 0.3) is 0 Å². The molecule has 1 aromatic heterocycles. The highest BCUT2D eigenvalue weighted by molar-refractivity contribution is 5.45. The quantitative estimate of drug-likeness (QED) is 0.912. The average molecular weight is 276 g/mol. The Morgan fingerprint density at radius 1 is 1.30 bits per heavy atom. The molecular formula is C17H28N2O. The number of pyridine rings is 1. The highest BCUT2D eigenvalue weighted by atomic mass is 16.3. The fourth-order valence-electron chi connectivity index (χ4n) is 2.99. The number of aliphatic hydroxyl groups excluding tert-OH is 1. The van der Waals surface area contributed by atoms with Crippen LogP contribution in [0.15, 0.2) is 18.3 Å². The van der Waals surface area contributed by atoms with Gasteiger partial charge in [0.15, 0.2) is 0 Å². The number of aliphatic hydroxyl groups is 1. The standard InChI is InChI=1S/C17H28N2O/c1-5-16(20)15-7-6-14(12-18-15)19-10-8-13(9-11-19)17(2,3)4/h6-7,12-13,16,20H,5,8-11H2,1-4H3. The molecular weight excluding hydrogens is 248 g/mol.